The van der Waals surface area contributed by atoms with Crippen molar-refractivity contribution in [2.75, 3.05) is 6.54 Å². The lowest BCUT2D eigenvalue weighted by Gasteiger charge is -2.13. The molecule has 0 aromatic heterocycles. The largest absolute Gasteiger partial charge is 1.00 e. The predicted octanol–water partition coefficient (Wildman–Crippen LogP) is 0.886. The van der Waals surface area contributed by atoms with E-state index in [1.807, 2.05) is 18.2 Å². The first kappa shape index (κ1) is 19.0. The van der Waals surface area contributed by atoms with Crippen molar-refractivity contribution in [2.24, 2.45) is 0 Å². The molecule has 0 spiro atoms. The van der Waals surface area contributed by atoms with Crippen molar-refractivity contribution in [2.45, 2.75) is 12.6 Å². The molecule has 1 atom stereocenters. The van der Waals surface area contributed by atoms with Gasteiger partial charge in [-0.25, -0.2) is 0 Å². The van der Waals surface area contributed by atoms with Crippen molar-refractivity contribution in [3.05, 3.63) is 90.0 Å². The Labute approximate surface area is 154 Å². The molecule has 3 aromatic rings. The Morgan fingerprint density at radius 1 is 0.800 bits per heavy atom. The first-order valence-corrected chi connectivity index (χ1v) is 8.04. The Balaban J connectivity index is 0.00000225. The Hall–Kier alpha value is -2.33. The molecule has 0 fully saturated rings. The minimum Gasteiger partial charge on any atom is -1.00 e. The van der Waals surface area contributed by atoms with E-state index in [2.05, 4.69) is 41.7 Å². The van der Waals surface area contributed by atoms with E-state index >= 15 is 0 Å². The van der Waals surface area contributed by atoms with Crippen molar-refractivity contribution in [1.29, 1.82) is 0 Å². The SMILES string of the molecule is Oc1cccc(C(O)CNCc2ccc(-c3ccccc3)cc2)c1.[Cl-]. The summed E-state index contributed by atoms with van der Waals surface area (Å²) < 4.78 is 0. The molecule has 4 heteroatoms. The second-order valence-electron chi connectivity index (χ2n) is 5.80. The third kappa shape index (κ3) is 5.33. The summed E-state index contributed by atoms with van der Waals surface area (Å²) in [6.07, 6.45) is -0.638. The molecular formula is C21H21ClNO2-. The molecule has 3 aromatic carbocycles. The van der Waals surface area contributed by atoms with E-state index in [1.54, 1.807) is 24.3 Å². The highest BCUT2D eigenvalue weighted by atomic mass is 35.5. The normalized spacial score (nSPS) is 11.6. The smallest absolute Gasteiger partial charge is 0.115 e. The van der Waals surface area contributed by atoms with E-state index in [0.29, 0.717) is 18.7 Å². The van der Waals surface area contributed by atoms with Crippen LogP contribution in [-0.4, -0.2) is 16.8 Å². The summed E-state index contributed by atoms with van der Waals surface area (Å²) in [6, 6.07) is 25.4. The first-order chi connectivity index (χ1) is 11.7. The molecular weight excluding hydrogens is 334 g/mol. The zero-order valence-corrected chi connectivity index (χ0v) is 14.5. The topological polar surface area (TPSA) is 52.5 Å². The van der Waals surface area contributed by atoms with Crippen LogP contribution >= 0.6 is 0 Å². The van der Waals surface area contributed by atoms with Crippen LogP contribution in [0.4, 0.5) is 0 Å². The molecule has 25 heavy (non-hydrogen) atoms. The quantitative estimate of drug-likeness (QED) is 0.616. The van der Waals surface area contributed by atoms with Crippen molar-refractivity contribution in [3.63, 3.8) is 0 Å². The van der Waals surface area contributed by atoms with E-state index in [9.17, 15) is 10.2 Å². The first-order valence-electron chi connectivity index (χ1n) is 8.04. The van der Waals surface area contributed by atoms with Crippen LogP contribution < -0.4 is 17.7 Å². The summed E-state index contributed by atoms with van der Waals surface area (Å²) in [5.41, 5.74) is 4.27. The Kier molecular flexibility index (Phi) is 7.02. The lowest BCUT2D eigenvalue weighted by atomic mass is 10.0. The highest BCUT2D eigenvalue weighted by Gasteiger charge is 2.07. The molecule has 0 aliphatic rings. The Morgan fingerprint density at radius 3 is 2.16 bits per heavy atom. The number of halogens is 1. The average Bonchev–Trinajstić information content (AvgIpc) is 2.63. The lowest BCUT2D eigenvalue weighted by Crippen LogP contribution is -3.00. The van der Waals surface area contributed by atoms with Crippen LogP contribution in [0.25, 0.3) is 11.1 Å². The number of benzene rings is 3. The van der Waals surface area contributed by atoms with Crippen molar-refractivity contribution >= 4 is 0 Å². The van der Waals surface area contributed by atoms with Crippen LogP contribution in [0.2, 0.25) is 0 Å². The van der Waals surface area contributed by atoms with E-state index in [-0.39, 0.29) is 18.2 Å². The highest BCUT2D eigenvalue weighted by molar-refractivity contribution is 5.63. The molecule has 3 nitrogen and oxygen atoms in total. The molecule has 0 amide bonds. The monoisotopic (exact) mass is 354 g/mol. The van der Waals surface area contributed by atoms with Gasteiger partial charge in [-0.1, -0.05) is 66.7 Å². The number of nitrogens with one attached hydrogen (secondary N) is 1. The Bertz CT molecular complexity index is 775. The third-order valence-electron chi connectivity index (χ3n) is 3.98. The van der Waals surface area contributed by atoms with Gasteiger partial charge in [-0.15, -0.1) is 0 Å². The fourth-order valence-corrected chi connectivity index (χ4v) is 2.65. The number of phenols is 1. The molecule has 3 N–H and O–H groups in total. The maximum absolute atomic E-state index is 10.1. The van der Waals surface area contributed by atoms with E-state index < -0.39 is 6.10 Å². The van der Waals surface area contributed by atoms with Gasteiger partial charge >= 0.3 is 0 Å². The number of aromatic hydroxyl groups is 1. The van der Waals surface area contributed by atoms with Gasteiger partial charge in [0.2, 0.25) is 0 Å². The summed E-state index contributed by atoms with van der Waals surface area (Å²) in [5.74, 6) is 0.169. The van der Waals surface area contributed by atoms with Gasteiger partial charge in [-0.2, -0.15) is 0 Å². The van der Waals surface area contributed by atoms with Gasteiger partial charge in [0, 0.05) is 13.1 Å². The van der Waals surface area contributed by atoms with Crippen molar-refractivity contribution in [1.82, 2.24) is 5.32 Å². The van der Waals surface area contributed by atoms with Crippen LogP contribution in [0.15, 0.2) is 78.9 Å². The van der Waals surface area contributed by atoms with Crippen LogP contribution in [0.3, 0.4) is 0 Å². The van der Waals surface area contributed by atoms with Gasteiger partial charge in [0.15, 0.2) is 0 Å². The minimum atomic E-state index is -0.638. The van der Waals surface area contributed by atoms with Gasteiger partial charge in [0.05, 0.1) is 6.10 Å². The molecule has 0 bridgehead atoms. The van der Waals surface area contributed by atoms with Crippen LogP contribution in [0.1, 0.15) is 17.2 Å². The standard InChI is InChI=1S/C21H21NO2.ClH/c23-20-8-4-7-19(13-20)21(24)15-22-14-16-9-11-18(12-10-16)17-5-2-1-3-6-17;/h1-13,21-24H,14-15H2;1H/p-1. The summed E-state index contributed by atoms with van der Waals surface area (Å²) >= 11 is 0. The van der Waals surface area contributed by atoms with Crippen LogP contribution in [0, 0.1) is 0 Å². The van der Waals surface area contributed by atoms with Gasteiger partial charge in [-0.05, 0) is 34.4 Å². The number of hydrogen-bond acceptors (Lipinski definition) is 3. The lowest BCUT2D eigenvalue weighted by molar-refractivity contribution is -0.00000743. The fraction of sp³-hybridized carbons (Fsp3) is 0.143. The Morgan fingerprint density at radius 2 is 1.48 bits per heavy atom. The molecule has 0 aliphatic carbocycles. The molecule has 0 heterocycles. The van der Waals surface area contributed by atoms with Crippen LogP contribution in [0.5, 0.6) is 5.75 Å². The molecule has 0 saturated carbocycles. The zero-order valence-electron chi connectivity index (χ0n) is 13.8. The number of aliphatic hydroxyl groups excluding tert-OH is 1. The molecule has 0 saturated heterocycles. The third-order valence-corrected chi connectivity index (χ3v) is 3.98. The number of phenolic OH excluding ortho intramolecular Hbond substituents is 1. The number of hydrogen-bond donors (Lipinski definition) is 3. The average molecular weight is 355 g/mol. The fourth-order valence-electron chi connectivity index (χ4n) is 2.65. The van der Waals surface area contributed by atoms with Gasteiger partial charge in [0.25, 0.3) is 0 Å². The maximum atomic E-state index is 10.1. The van der Waals surface area contributed by atoms with E-state index in [4.69, 9.17) is 0 Å². The molecule has 0 aliphatic heterocycles. The van der Waals surface area contributed by atoms with E-state index in [0.717, 1.165) is 5.56 Å². The summed E-state index contributed by atoms with van der Waals surface area (Å²) in [6.45, 7) is 1.12. The highest BCUT2D eigenvalue weighted by Crippen LogP contribution is 2.20. The number of rotatable bonds is 6. The molecule has 130 valence electrons. The molecule has 3 rings (SSSR count). The van der Waals surface area contributed by atoms with Crippen LogP contribution in [-0.2, 0) is 6.54 Å². The maximum Gasteiger partial charge on any atom is 0.115 e. The summed E-state index contributed by atoms with van der Waals surface area (Å²) in [4.78, 5) is 0. The van der Waals surface area contributed by atoms with Gasteiger partial charge in [0.1, 0.15) is 5.75 Å². The minimum absolute atomic E-state index is 0. The molecule has 1 unspecified atom stereocenters. The van der Waals surface area contributed by atoms with Gasteiger partial charge in [-0.3, -0.25) is 0 Å². The van der Waals surface area contributed by atoms with Crippen molar-refractivity contribution in [3.8, 4) is 16.9 Å². The predicted molar refractivity (Wildman–Crippen MR) is 96.7 cm³/mol. The second-order valence-corrected chi connectivity index (χ2v) is 5.80. The summed E-state index contributed by atoms with van der Waals surface area (Å²) in [7, 11) is 0. The van der Waals surface area contributed by atoms with Crippen molar-refractivity contribution < 1.29 is 22.6 Å². The second kappa shape index (κ2) is 9.23. The van der Waals surface area contributed by atoms with Gasteiger partial charge < -0.3 is 27.9 Å². The number of aliphatic hydroxyl groups is 1. The summed E-state index contributed by atoms with van der Waals surface area (Å²) in [5, 5.41) is 22.8. The molecule has 0 radical (unpaired) electrons. The zero-order chi connectivity index (χ0) is 16.8. The van der Waals surface area contributed by atoms with E-state index in [1.165, 1.54) is 11.1 Å².